The van der Waals surface area contributed by atoms with Gasteiger partial charge in [0, 0.05) is 30.8 Å². The molecule has 0 aliphatic carbocycles. The van der Waals surface area contributed by atoms with E-state index in [4.69, 9.17) is 5.11 Å². The summed E-state index contributed by atoms with van der Waals surface area (Å²) >= 11 is 0. The van der Waals surface area contributed by atoms with Crippen LogP contribution in [0, 0.1) is 5.82 Å². The maximum atomic E-state index is 13.5. The number of likely N-dealkylation sites (N-methyl/N-ethyl adjacent to an activating group) is 1. The number of halogens is 1. The molecule has 4 heteroatoms. The van der Waals surface area contributed by atoms with Crippen LogP contribution in [0.3, 0.4) is 0 Å². The van der Waals surface area contributed by atoms with Crippen LogP contribution < -0.4 is 5.32 Å². The molecule has 0 radical (unpaired) electrons. The zero-order valence-electron chi connectivity index (χ0n) is 10.7. The third-order valence-corrected chi connectivity index (χ3v) is 2.93. The lowest BCUT2D eigenvalue weighted by Gasteiger charge is -2.18. The summed E-state index contributed by atoms with van der Waals surface area (Å²) in [5, 5.41) is 12.4. The molecule has 1 rings (SSSR count). The maximum absolute atomic E-state index is 13.5. The Morgan fingerprint density at radius 2 is 2.18 bits per heavy atom. The minimum atomic E-state index is -0.367. The summed E-state index contributed by atoms with van der Waals surface area (Å²) in [6, 6.07) is 4.22. The highest BCUT2D eigenvalue weighted by Crippen LogP contribution is 2.20. The summed E-state index contributed by atoms with van der Waals surface area (Å²) in [4.78, 5) is 2.19. The first-order valence-electron chi connectivity index (χ1n) is 5.95. The molecule has 2 N–H and O–H groups in total. The maximum Gasteiger partial charge on any atom is 0.131 e. The third kappa shape index (κ3) is 4.32. The fraction of sp³-hybridized carbons (Fsp3) is 0.538. The van der Waals surface area contributed by atoms with Gasteiger partial charge in [-0.1, -0.05) is 13.0 Å². The van der Waals surface area contributed by atoms with Crippen molar-refractivity contribution in [3.05, 3.63) is 29.6 Å². The highest BCUT2D eigenvalue weighted by molar-refractivity contribution is 5.29. The Hall–Kier alpha value is -1.13. The lowest BCUT2D eigenvalue weighted by Crippen LogP contribution is -2.30. The summed E-state index contributed by atoms with van der Waals surface area (Å²) in [6.45, 7) is 6.76. The highest BCUT2D eigenvalue weighted by Gasteiger charge is 2.10. The zero-order chi connectivity index (χ0) is 12.8. The third-order valence-electron chi connectivity index (χ3n) is 2.93. The predicted octanol–water partition coefficient (Wildman–Crippen LogP) is 2.13. The largest absolute Gasteiger partial charge is 0.508 e. The van der Waals surface area contributed by atoms with E-state index in [1.54, 1.807) is 6.07 Å². The molecule has 0 aliphatic heterocycles. The normalized spacial score (nSPS) is 13.0. The van der Waals surface area contributed by atoms with E-state index in [-0.39, 0.29) is 17.6 Å². The molecule has 0 saturated carbocycles. The molecule has 0 fully saturated rings. The van der Waals surface area contributed by atoms with Crippen molar-refractivity contribution in [1.29, 1.82) is 0 Å². The van der Waals surface area contributed by atoms with E-state index in [2.05, 4.69) is 17.1 Å². The molecule has 0 spiro atoms. The van der Waals surface area contributed by atoms with Crippen LogP contribution in [0.2, 0.25) is 0 Å². The van der Waals surface area contributed by atoms with Crippen molar-refractivity contribution in [3.8, 4) is 5.75 Å². The Morgan fingerprint density at radius 3 is 2.76 bits per heavy atom. The molecule has 0 aliphatic rings. The highest BCUT2D eigenvalue weighted by atomic mass is 19.1. The van der Waals surface area contributed by atoms with Gasteiger partial charge in [0.25, 0.3) is 0 Å². The molecule has 1 aromatic rings. The molecule has 0 aromatic heterocycles. The van der Waals surface area contributed by atoms with E-state index in [1.165, 1.54) is 6.07 Å². The number of phenolic OH excluding ortho intramolecular Hbond substituents is 1. The van der Waals surface area contributed by atoms with E-state index >= 15 is 0 Å². The van der Waals surface area contributed by atoms with Crippen molar-refractivity contribution in [1.82, 2.24) is 10.2 Å². The summed E-state index contributed by atoms with van der Waals surface area (Å²) in [7, 11) is 2.05. The van der Waals surface area contributed by atoms with Crippen molar-refractivity contribution in [3.63, 3.8) is 0 Å². The molecule has 1 aromatic carbocycles. The molecule has 1 unspecified atom stereocenters. The molecule has 96 valence electrons. The van der Waals surface area contributed by atoms with Gasteiger partial charge in [0.15, 0.2) is 0 Å². The summed E-state index contributed by atoms with van der Waals surface area (Å²) in [6.07, 6.45) is 0. The average Bonchev–Trinajstić information content (AvgIpc) is 2.28. The minimum absolute atomic E-state index is 0.0378. The fourth-order valence-electron chi connectivity index (χ4n) is 1.61. The predicted molar refractivity (Wildman–Crippen MR) is 67.7 cm³/mol. The van der Waals surface area contributed by atoms with Crippen molar-refractivity contribution in [2.24, 2.45) is 0 Å². The van der Waals surface area contributed by atoms with Gasteiger partial charge in [0.05, 0.1) is 0 Å². The van der Waals surface area contributed by atoms with E-state index in [9.17, 15) is 4.39 Å². The lowest BCUT2D eigenvalue weighted by atomic mass is 10.1. The number of phenols is 1. The van der Waals surface area contributed by atoms with Gasteiger partial charge in [-0.3, -0.25) is 0 Å². The standard InChI is InChI=1S/C13H21FN2O/c1-4-16(3)8-7-15-10(2)12-6-5-11(17)9-13(12)14/h5-6,9-10,15,17H,4,7-8H2,1-3H3. The van der Waals surface area contributed by atoms with Gasteiger partial charge in [-0.05, 0) is 26.6 Å². The number of hydrogen-bond donors (Lipinski definition) is 2. The van der Waals surface area contributed by atoms with E-state index in [1.807, 2.05) is 14.0 Å². The Kier molecular flexibility index (Phi) is 5.38. The molecule has 0 amide bonds. The summed E-state index contributed by atoms with van der Waals surface area (Å²) in [5.74, 6) is -0.405. The Labute approximate surface area is 102 Å². The lowest BCUT2D eigenvalue weighted by molar-refractivity contribution is 0.341. The number of hydrogen-bond acceptors (Lipinski definition) is 3. The zero-order valence-corrected chi connectivity index (χ0v) is 10.7. The quantitative estimate of drug-likeness (QED) is 0.799. The molecule has 3 nitrogen and oxygen atoms in total. The van der Waals surface area contributed by atoms with Crippen LogP contribution in [0.25, 0.3) is 0 Å². The Bertz CT molecular complexity index is 357. The summed E-state index contributed by atoms with van der Waals surface area (Å²) in [5.41, 5.74) is 0.585. The first kappa shape index (κ1) is 13.9. The Morgan fingerprint density at radius 1 is 1.47 bits per heavy atom. The van der Waals surface area contributed by atoms with Gasteiger partial charge in [0.2, 0.25) is 0 Å². The van der Waals surface area contributed by atoms with E-state index < -0.39 is 0 Å². The van der Waals surface area contributed by atoms with Crippen LogP contribution in [-0.4, -0.2) is 36.7 Å². The second-order valence-electron chi connectivity index (χ2n) is 4.28. The van der Waals surface area contributed by atoms with Gasteiger partial charge >= 0.3 is 0 Å². The van der Waals surface area contributed by atoms with Gasteiger partial charge in [-0.15, -0.1) is 0 Å². The van der Waals surface area contributed by atoms with Gasteiger partial charge < -0.3 is 15.3 Å². The topological polar surface area (TPSA) is 35.5 Å². The number of nitrogens with one attached hydrogen (secondary N) is 1. The number of nitrogens with zero attached hydrogens (tertiary/aromatic N) is 1. The van der Waals surface area contributed by atoms with E-state index in [0.29, 0.717) is 5.56 Å². The van der Waals surface area contributed by atoms with Crippen LogP contribution in [0.1, 0.15) is 25.5 Å². The van der Waals surface area contributed by atoms with Crippen molar-refractivity contribution < 1.29 is 9.50 Å². The number of rotatable bonds is 6. The molecular formula is C13H21FN2O. The van der Waals surface area contributed by atoms with Crippen LogP contribution in [-0.2, 0) is 0 Å². The average molecular weight is 240 g/mol. The van der Waals surface area contributed by atoms with Gasteiger partial charge in [-0.2, -0.15) is 0 Å². The van der Waals surface area contributed by atoms with Crippen LogP contribution >= 0.6 is 0 Å². The van der Waals surface area contributed by atoms with Crippen molar-refractivity contribution in [2.45, 2.75) is 19.9 Å². The van der Waals surface area contributed by atoms with Crippen LogP contribution in [0.15, 0.2) is 18.2 Å². The smallest absolute Gasteiger partial charge is 0.131 e. The fourth-order valence-corrected chi connectivity index (χ4v) is 1.61. The van der Waals surface area contributed by atoms with Gasteiger partial charge in [-0.25, -0.2) is 4.39 Å². The van der Waals surface area contributed by atoms with Gasteiger partial charge in [0.1, 0.15) is 11.6 Å². The second-order valence-corrected chi connectivity index (χ2v) is 4.28. The first-order chi connectivity index (χ1) is 8.04. The van der Waals surface area contributed by atoms with Crippen molar-refractivity contribution in [2.75, 3.05) is 26.7 Å². The number of benzene rings is 1. The molecular weight excluding hydrogens is 219 g/mol. The molecule has 17 heavy (non-hydrogen) atoms. The van der Waals surface area contributed by atoms with Crippen molar-refractivity contribution >= 4 is 0 Å². The van der Waals surface area contributed by atoms with Crippen LogP contribution in [0.5, 0.6) is 5.75 Å². The molecule has 0 saturated heterocycles. The summed E-state index contributed by atoms with van der Waals surface area (Å²) < 4.78 is 13.5. The monoisotopic (exact) mass is 240 g/mol. The first-order valence-corrected chi connectivity index (χ1v) is 5.95. The van der Waals surface area contributed by atoms with E-state index in [0.717, 1.165) is 25.7 Å². The second kappa shape index (κ2) is 6.57. The number of aromatic hydroxyl groups is 1. The minimum Gasteiger partial charge on any atom is -0.508 e. The Balaban J connectivity index is 2.49. The SMILES string of the molecule is CCN(C)CCNC(C)c1ccc(O)cc1F. The van der Waals surface area contributed by atoms with Crippen LogP contribution in [0.4, 0.5) is 4.39 Å². The molecule has 0 bridgehead atoms. The molecule has 0 heterocycles. The molecule has 1 atom stereocenters.